The van der Waals surface area contributed by atoms with E-state index >= 15 is 0 Å². The minimum atomic E-state index is -0.729. The van der Waals surface area contributed by atoms with Gasteiger partial charge >= 0.3 is 0 Å². The molecule has 0 aliphatic rings. The topological polar surface area (TPSA) is 40.5 Å². The summed E-state index contributed by atoms with van der Waals surface area (Å²) < 4.78 is 0.956. The van der Waals surface area contributed by atoms with Gasteiger partial charge in [0.25, 0.3) is 0 Å². The van der Waals surface area contributed by atoms with Crippen molar-refractivity contribution in [1.82, 2.24) is 4.90 Å². The first kappa shape index (κ1) is 12.2. The lowest BCUT2D eigenvalue weighted by molar-refractivity contribution is -0.130. The molecule has 0 saturated heterocycles. The van der Waals surface area contributed by atoms with Crippen molar-refractivity contribution in [3.63, 3.8) is 0 Å². The van der Waals surface area contributed by atoms with E-state index in [1.807, 2.05) is 12.1 Å². The fourth-order valence-electron chi connectivity index (χ4n) is 1.15. The third kappa shape index (κ3) is 3.64. The number of hydrogen-bond acceptors (Lipinski definition) is 2. The lowest BCUT2D eigenvalue weighted by Gasteiger charge is -2.14. The van der Waals surface area contributed by atoms with Gasteiger partial charge in [-0.25, -0.2) is 0 Å². The average molecular weight is 272 g/mol. The Morgan fingerprint density at radius 1 is 1.40 bits per heavy atom. The molecule has 1 rings (SSSR count). The first-order valence-electron chi connectivity index (χ1n) is 4.64. The number of amides is 1. The van der Waals surface area contributed by atoms with Gasteiger partial charge in [-0.2, -0.15) is 0 Å². The molecule has 0 fully saturated rings. The van der Waals surface area contributed by atoms with Crippen LogP contribution in [0.5, 0.6) is 0 Å². The SMILES string of the molecule is CN(C)C(=O)C[C@@H](O)c1ccc(Br)cc1. The van der Waals surface area contributed by atoms with Crippen molar-refractivity contribution < 1.29 is 9.90 Å². The van der Waals surface area contributed by atoms with E-state index in [-0.39, 0.29) is 12.3 Å². The maximum Gasteiger partial charge on any atom is 0.225 e. The van der Waals surface area contributed by atoms with E-state index in [9.17, 15) is 9.90 Å². The van der Waals surface area contributed by atoms with E-state index in [0.29, 0.717) is 0 Å². The molecule has 0 bridgehead atoms. The minimum Gasteiger partial charge on any atom is -0.388 e. The molecule has 3 nitrogen and oxygen atoms in total. The molecule has 1 amide bonds. The Balaban J connectivity index is 2.65. The summed E-state index contributed by atoms with van der Waals surface area (Å²) in [5.74, 6) is -0.0783. The molecule has 15 heavy (non-hydrogen) atoms. The van der Waals surface area contributed by atoms with Gasteiger partial charge in [0.1, 0.15) is 0 Å². The Hall–Kier alpha value is -0.870. The minimum absolute atomic E-state index is 0.0783. The zero-order valence-electron chi connectivity index (χ0n) is 8.77. The van der Waals surface area contributed by atoms with Gasteiger partial charge in [0.05, 0.1) is 12.5 Å². The molecule has 0 aromatic heterocycles. The van der Waals surface area contributed by atoms with Gasteiger partial charge in [0.15, 0.2) is 0 Å². The van der Waals surface area contributed by atoms with Crippen LogP contribution in [0.1, 0.15) is 18.1 Å². The first-order valence-corrected chi connectivity index (χ1v) is 5.43. The van der Waals surface area contributed by atoms with Crippen molar-refractivity contribution >= 4 is 21.8 Å². The van der Waals surface area contributed by atoms with E-state index in [1.165, 1.54) is 4.90 Å². The first-order chi connectivity index (χ1) is 7.00. The highest BCUT2D eigenvalue weighted by Gasteiger charge is 2.13. The maximum absolute atomic E-state index is 11.4. The summed E-state index contributed by atoms with van der Waals surface area (Å²) in [6.07, 6.45) is -0.609. The normalized spacial score (nSPS) is 12.3. The van der Waals surface area contributed by atoms with Crippen LogP contribution in [0.2, 0.25) is 0 Å². The third-order valence-corrected chi connectivity index (χ3v) is 2.65. The van der Waals surface area contributed by atoms with Crippen molar-refractivity contribution in [3.05, 3.63) is 34.3 Å². The molecule has 1 N–H and O–H groups in total. The lowest BCUT2D eigenvalue weighted by Crippen LogP contribution is -2.23. The molecule has 0 unspecified atom stereocenters. The quantitative estimate of drug-likeness (QED) is 0.913. The number of aliphatic hydroxyl groups is 1. The number of aliphatic hydroxyl groups excluding tert-OH is 1. The Morgan fingerprint density at radius 3 is 2.40 bits per heavy atom. The van der Waals surface area contributed by atoms with E-state index in [0.717, 1.165) is 10.0 Å². The molecule has 0 radical (unpaired) electrons. The number of nitrogens with zero attached hydrogens (tertiary/aromatic N) is 1. The van der Waals surface area contributed by atoms with Crippen molar-refractivity contribution in [3.8, 4) is 0 Å². The zero-order valence-corrected chi connectivity index (χ0v) is 10.4. The van der Waals surface area contributed by atoms with Crippen LogP contribution in [0, 0.1) is 0 Å². The molecule has 4 heteroatoms. The molecule has 1 atom stereocenters. The standard InChI is InChI=1S/C11H14BrNO2/c1-13(2)11(15)7-10(14)8-3-5-9(12)6-4-8/h3-6,10,14H,7H2,1-2H3/t10-/m1/s1. The van der Waals surface area contributed by atoms with Crippen LogP contribution < -0.4 is 0 Å². The largest absolute Gasteiger partial charge is 0.388 e. The van der Waals surface area contributed by atoms with E-state index < -0.39 is 6.10 Å². The molecule has 0 aliphatic carbocycles. The monoisotopic (exact) mass is 271 g/mol. The van der Waals surface area contributed by atoms with Gasteiger partial charge in [0, 0.05) is 18.6 Å². The number of benzene rings is 1. The average Bonchev–Trinajstić information content (AvgIpc) is 2.18. The van der Waals surface area contributed by atoms with Crippen LogP contribution >= 0.6 is 15.9 Å². The summed E-state index contributed by atoms with van der Waals surface area (Å²) in [4.78, 5) is 12.8. The molecule has 1 aromatic carbocycles. The predicted octanol–water partition coefficient (Wildman–Crippen LogP) is 1.96. The van der Waals surface area contributed by atoms with E-state index in [1.54, 1.807) is 26.2 Å². The molecule has 0 heterocycles. The van der Waals surface area contributed by atoms with Crippen molar-refractivity contribution in [2.75, 3.05) is 14.1 Å². The van der Waals surface area contributed by atoms with Crippen LogP contribution in [0.4, 0.5) is 0 Å². The number of hydrogen-bond donors (Lipinski definition) is 1. The highest BCUT2D eigenvalue weighted by Crippen LogP contribution is 2.19. The van der Waals surface area contributed by atoms with Gasteiger partial charge in [-0.3, -0.25) is 4.79 Å². The maximum atomic E-state index is 11.4. The molecule has 0 aliphatic heterocycles. The van der Waals surface area contributed by atoms with Gasteiger partial charge in [-0.15, -0.1) is 0 Å². The number of halogens is 1. The molecule has 1 aromatic rings. The van der Waals surface area contributed by atoms with Crippen molar-refractivity contribution in [2.45, 2.75) is 12.5 Å². The smallest absolute Gasteiger partial charge is 0.225 e. The summed E-state index contributed by atoms with van der Waals surface area (Å²) >= 11 is 3.31. The second kappa shape index (κ2) is 5.28. The number of carbonyl (C=O) groups is 1. The highest BCUT2D eigenvalue weighted by molar-refractivity contribution is 9.10. The van der Waals surface area contributed by atoms with Gasteiger partial charge < -0.3 is 10.0 Å². The number of rotatable bonds is 3. The van der Waals surface area contributed by atoms with E-state index in [4.69, 9.17) is 0 Å². The Bertz CT molecular complexity index is 335. The van der Waals surface area contributed by atoms with Crippen molar-refractivity contribution in [1.29, 1.82) is 0 Å². The van der Waals surface area contributed by atoms with Crippen molar-refractivity contribution in [2.24, 2.45) is 0 Å². The predicted molar refractivity (Wildman–Crippen MR) is 62.4 cm³/mol. The highest BCUT2D eigenvalue weighted by atomic mass is 79.9. The zero-order chi connectivity index (χ0) is 11.4. The second-order valence-electron chi connectivity index (χ2n) is 3.56. The fraction of sp³-hybridized carbons (Fsp3) is 0.364. The lowest BCUT2D eigenvalue weighted by atomic mass is 10.1. The molecular formula is C11H14BrNO2. The summed E-state index contributed by atoms with van der Waals surface area (Å²) in [5, 5.41) is 9.77. The summed E-state index contributed by atoms with van der Waals surface area (Å²) in [7, 11) is 3.35. The van der Waals surface area contributed by atoms with Gasteiger partial charge in [0.2, 0.25) is 5.91 Å². The Labute approximate surface area is 97.8 Å². The Morgan fingerprint density at radius 2 is 1.93 bits per heavy atom. The molecule has 82 valence electrons. The van der Waals surface area contributed by atoms with Gasteiger partial charge in [-0.05, 0) is 17.7 Å². The Kier molecular flexibility index (Phi) is 4.29. The van der Waals surface area contributed by atoms with E-state index in [2.05, 4.69) is 15.9 Å². The van der Waals surface area contributed by atoms with Crippen LogP contribution in [-0.4, -0.2) is 30.0 Å². The molecule has 0 spiro atoms. The van der Waals surface area contributed by atoms with Crippen LogP contribution in [-0.2, 0) is 4.79 Å². The second-order valence-corrected chi connectivity index (χ2v) is 4.48. The number of carbonyl (C=O) groups excluding carboxylic acids is 1. The third-order valence-electron chi connectivity index (χ3n) is 2.12. The summed E-state index contributed by atoms with van der Waals surface area (Å²) in [6, 6.07) is 7.30. The van der Waals surface area contributed by atoms with Crippen LogP contribution in [0.25, 0.3) is 0 Å². The fourth-order valence-corrected chi connectivity index (χ4v) is 1.42. The summed E-state index contributed by atoms with van der Waals surface area (Å²) in [5.41, 5.74) is 0.758. The van der Waals surface area contributed by atoms with Crippen LogP contribution in [0.15, 0.2) is 28.7 Å². The van der Waals surface area contributed by atoms with Crippen LogP contribution in [0.3, 0.4) is 0 Å². The molecular weight excluding hydrogens is 258 g/mol. The summed E-state index contributed by atoms with van der Waals surface area (Å²) in [6.45, 7) is 0. The molecule has 0 saturated carbocycles. The van der Waals surface area contributed by atoms with Gasteiger partial charge in [-0.1, -0.05) is 28.1 Å².